The summed E-state index contributed by atoms with van der Waals surface area (Å²) in [5.41, 5.74) is 0.696. The molecule has 1 unspecified atom stereocenters. The largest absolute Gasteiger partial charge is 0.336 e. The van der Waals surface area contributed by atoms with E-state index in [4.69, 9.17) is 11.6 Å². The van der Waals surface area contributed by atoms with Crippen LogP contribution in [0.5, 0.6) is 0 Å². The second-order valence-electron chi connectivity index (χ2n) is 5.92. The fourth-order valence-corrected chi connectivity index (χ4v) is 3.20. The maximum Gasteiger partial charge on any atom is 0.253 e. The molecule has 1 aromatic carbocycles. The summed E-state index contributed by atoms with van der Waals surface area (Å²) >= 11 is 5.96. The lowest BCUT2D eigenvalue weighted by atomic mass is 10.1. The van der Waals surface area contributed by atoms with Crippen LogP contribution in [0.1, 0.15) is 30.1 Å². The number of benzene rings is 1. The number of carbonyl (C=O) groups excluding carboxylic acids is 1. The van der Waals surface area contributed by atoms with Crippen molar-refractivity contribution in [1.29, 1.82) is 0 Å². The minimum Gasteiger partial charge on any atom is -0.336 e. The average Bonchev–Trinajstić information content (AvgIpc) is 3.30. The highest BCUT2D eigenvalue weighted by molar-refractivity contribution is 6.30. The van der Waals surface area contributed by atoms with Crippen LogP contribution in [0.3, 0.4) is 0 Å². The van der Waals surface area contributed by atoms with Crippen molar-refractivity contribution in [2.75, 3.05) is 26.2 Å². The molecule has 1 heterocycles. The van der Waals surface area contributed by atoms with Crippen molar-refractivity contribution in [3.05, 3.63) is 34.9 Å². The molecule has 1 aliphatic heterocycles. The summed E-state index contributed by atoms with van der Waals surface area (Å²) in [5, 5.41) is 0.622. The zero-order chi connectivity index (χ0) is 14.1. The van der Waals surface area contributed by atoms with Gasteiger partial charge in [0.05, 0.1) is 0 Å². The molecule has 3 rings (SSSR count). The van der Waals surface area contributed by atoms with E-state index in [9.17, 15) is 4.79 Å². The summed E-state index contributed by atoms with van der Waals surface area (Å²) < 4.78 is 0. The van der Waals surface area contributed by atoms with Gasteiger partial charge in [-0.25, -0.2) is 0 Å². The van der Waals surface area contributed by atoms with Gasteiger partial charge in [0.1, 0.15) is 0 Å². The molecule has 108 valence electrons. The van der Waals surface area contributed by atoms with E-state index in [2.05, 4.69) is 11.8 Å². The van der Waals surface area contributed by atoms with Gasteiger partial charge in [0.15, 0.2) is 0 Å². The van der Waals surface area contributed by atoms with Gasteiger partial charge in [0.25, 0.3) is 5.91 Å². The second kappa shape index (κ2) is 5.74. The van der Waals surface area contributed by atoms with Crippen LogP contribution in [0.15, 0.2) is 24.3 Å². The lowest BCUT2D eigenvalue weighted by Crippen LogP contribution is -2.51. The molecule has 4 heteroatoms. The first-order chi connectivity index (χ1) is 9.65. The number of amides is 1. The van der Waals surface area contributed by atoms with E-state index in [-0.39, 0.29) is 5.91 Å². The van der Waals surface area contributed by atoms with Gasteiger partial charge in [-0.05, 0) is 43.9 Å². The summed E-state index contributed by atoms with van der Waals surface area (Å²) in [5.74, 6) is 0.997. The Hall–Kier alpha value is -1.06. The fraction of sp³-hybridized carbons (Fsp3) is 0.562. The lowest BCUT2D eigenvalue weighted by molar-refractivity contribution is 0.0564. The predicted molar refractivity (Wildman–Crippen MR) is 81.1 cm³/mol. The number of piperazine rings is 1. The summed E-state index contributed by atoms with van der Waals surface area (Å²) in [7, 11) is 0. The molecule has 2 aliphatic rings. The molecular formula is C16H21ClN2O. The molecule has 0 bridgehead atoms. The van der Waals surface area contributed by atoms with Crippen LogP contribution >= 0.6 is 11.6 Å². The molecule has 1 atom stereocenters. The van der Waals surface area contributed by atoms with Crippen molar-refractivity contribution >= 4 is 17.5 Å². The molecule has 1 aromatic rings. The first-order valence-corrected chi connectivity index (χ1v) is 7.82. The zero-order valence-corrected chi connectivity index (χ0v) is 12.6. The highest BCUT2D eigenvalue weighted by Gasteiger charge is 2.34. The van der Waals surface area contributed by atoms with E-state index in [0.29, 0.717) is 16.6 Å². The van der Waals surface area contributed by atoms with E-state index < -0.39 is 0 Å². The van der Waals surface area contributed by atoms with Crippen molar-refractivity contribution in [1.82, 2.24) is 9.80 Å². The summed E-state index contributed by atoms with van der Waals surface area (Å²) in [6.45, 7) is 5.95. The Labute approximate surface area is 125 Å². The average molecular weight is 293 g/mol. The molecule has 20 heavy (non-hydrogen) atoms. The normalized spacial score (nSPS) is 21.8. The summed E-state index contributed by atoms with van der Waals surface area (Å²) in [4.78, 5) is 16.9. The molecule has 3 nitrogen and oxygen atoms in total. The Balaban J connectivity index is 1.58. The highest BCUT2D eigenvalue weighted by Crippen LogP contribution is 2.35. The topological polar surface area (TPSA) is 23.6 Å². The van der Waals surface area contributed by atoms with Crippen LogP contribution in [-0.4, -0.2) is 47.9 Å². The number of rotatable bonds is 3. The van der Waals surface area contributed by atoms with E-state index in [1.54, 1.807) is 12.1 Å². The third kappa shape index (κ3) is 2.99. The van der Waals surface area contributed by atoms with Crippen LogP contribution < -0.4 is 0 Å². The maximum atomic E-state index is 12.4. The SMILES string of the molecule is CC(C1CC1)N1CCN(C(=O)c2cccc(Cl)c2)CC1. The molecule has 1 saturated heterocycles. The molecule has 0 aromatic heterocycles. The third-order valence-corrected chi connectivity index (χ3v) is 4.79. The van der Waals surface area contributed by atoms with Gasteiger partial charge in [-0.15, -0.1) is 0 Å². The fourth-order valence-electron chi connectivity index (χ4n) is 3.01. The molecule has 0 radical (unpaired) electrons. The summed E-state index contributed by atoms with van der Waals surface area (Å²) in [6, 6.07) is 7.91. The standard InChI is InChI=1S/C16H21ClN2O/c1-12(13-5-6-13)18-7-9-19(10-8-18)16(20)14-3-2-4-15(17)11-14/h2-4,11-13H,5-10H2,1H3. The Morgan fingerprint density at radius 2 is 1.95 bits per heavy atom. The van der Waals surface area contributed by atoms with E-state index in [1.807, 2.05) is 17.0 Å². The van der Waals surface area contributed by atoms with Crippen molar-refractivity contribution in [3.8, 4) is 0 Å². The van der Waals surface area contributed by atoms with Crippen LogP contribution in [0.2, 0.25) is 5.02 Å². The lowest BCUT2D eigenvalue weighted by Gasteiger charge is -2.38. The second-order valence-corrected chi connectivity index (χ2v) is 6.35. The molecule has 1 amide bonds. The Bertz CT molecular complexity index is 493. The number of halogens is 1. The number of hydrogen-bond donors (Lipinski definition) is 0. The number of hydrogen-bond acceptors (Lipinski definition) is 2. The first kappa shape index (κ1) is 13.9. The van der Waals surface area contributed by atoms with Gasteiger partial charge in [0.2, 0.25) is 0 Å². The Morgan fingerprint density at radius 3 is 2.55 bits per heavy atom. The highest BCUT2D eigenvalue weighted by atomic mass is 35.5. The summed E-state index contributed by atoms with van der Waals surface area (Å²) in [6.07, 6.45) is 2.76. The van der Waals surface area contributed by atoms with Crippen molar-refractivity contribution in [2.45, 2.75) is 25.8 Å². The van der Waals surface area contributed by atoms with Crippen molar-refractivity contribution < 1.29 is 4.79 Å². The quantitative estimate of drug-likeness (QED) is 0.855. The first-order valence-electron chi connectivity index (χ1n) is 7.44. The van der Waals surface area contributed by atoms with Gasteiger partial charge < -0.3 is 4.90 Å². The van der Waals surface area contributed by atoms with Gasteiger partial charge in [-0.3, -0.25) is 9.69 Å². The molecule has 0 N–H and O–H groups in total. The predicted octanol–water partition coefficient (Wildman–Crippen LogP) is 2.90. The smallest absolute Gasteiger partial charge is 0.253 e. The van der Waals surface area contributed by atoms with Crippen LogP contribution in [0.4, 0.5) is 0 Å². The zero-order valence-electron chi connectivity index (χ0n) is 11.9. The number of carbonyl (C=O) groups is 1. The maximum absolute atomic E-state index is 12.4. The molecule has 1 saturated carbocycles. The monoisotopic (exact) mass is 292 g/mol. The molecule has 2 fully saturated rings. The molecule has 1 aliphatic carbocycles. The van der Waals surface area contributed by atoms with Crippen LogP contribution in [0.25, 0.3) is 0 Å². The van der Waals surface area contributed by atoms with Gasteiger partial charge >= 0.3 is 0 Å². The number of nitrogens with zero attached hydrogens (tertiary/aromatic N) is 2. The van der Waals surface area contributed by atoms with Crippen LogP contribution in [-0.2, 0) is 0 Å². The van der Waals surface area contributed by atoms with E-state index >= 15 is 0 Å². The molecular weight excluding hydrogens is 272 g/mol. The van der Waals surface area contributed by atoms with Crippen LogP contribution in [0, 0.1) is 5.92 Å². The van der Waals surface area contributed by atoms with Crippen molar-refractivity contribution in [2.24, 2.45) is 5.92 Å². The van der Waals surface area contributed by atoms with E-state index in [0.717, 1.165) is 32.1 Å². The third-order valence-electron chi connectivity index (χ3n) is 4.55. The Kier molecular flexibility index (Phi) is 3.99. The minimum absolute atomic E-state index is 0.103. The Morgan fingerprint density at radius 1 is 1.25 bits per heavy atom. The van der Waals surface area contributed by atoms with Gasteiger partial charge in [-0.2, -0.15) is 0 Å². The van der Waals surface area contributed by atoms with Crippen molar-refractivity contribution in [3.63, 3.8) is 0 Å². The van der Waals surface area contributed by atoms with Gasteiger partial charge in [0, 0.05) is 42.8 Å². The minimum atomic E-state index is 0.103. The van der Waals surface area contributed by atoms with E-state index in [1.165, 1.54) is 12.8 Å². The molecule has 0 spiro atoms. The van der Waals surface area contributed by atoms with Gasteiger partial charge in [-0.1, -0.05) is 17.7 Å².